The van der Waals surface area contributed by atoms with Gasteiger partial charge in [0.25, 0.3) is 0 Å². The van der Waals surface area contributed by atoms with Gasteiger partial charge in [-0.2, -0.15) is 0 Å². The van der Waals surface area contributed by atoms with Gasteiger partial charge in [0.15, 0.2) is 0 Å². The number of rotatable bonds is 4. The van der Waals surface area contributed by atoms with Crippen molar-refractivity contribution in [3.8, 4) is 11.1 Å². The maximum atomic E-state index is 13.4. The molecule has 2 aromatic rings. The Morgan fingerprint density at radius 3 is 2.48 bits per heavy atom. The molecule has 0 aromatic heterocycles. The van der Waals surface area contributed by atoms with Crippen LogP contribution in [0.1, 0.15) is 12.8 Å². The number of nitrogens with zero attached hydrogens (tertiary/aromatic N) is 1. The minimum atomic E-state index is -0.277. The van der Waals surface area contributed by atoms with Crippen molar-refractivity contribution < 1.29 is 14.0 Å². The van der Waals surface area contributed by atoms with E-state index < -0.39 is 0 Å². The molecule has 2 aromatic carbocycles. The first kappa shape index (κ1) is 19.5. The zero-order valence-electron chi connectivity index (χ0n) is 16.2. The molecule has 0 spiro atoms. The first-order valence-corrected chi connectivity index (χ1v) is 10.0. The number of hydrogen-bond acceptors (Lipinski definition) is 4. The molecule has 0 bridgehead atoms. The van der Waals surface area contributed by atoms with E-state index >= 15 is 0 Å². The number of halogens is 1. The minimum Gasteiger partial charge on any atom is -0.342 e. The van der Waals surface area contributed by atoms with Crippen LogP contribution in [0.3, 0.4) is 0 Å². The van der Waals surface area contributed by atoms with Gasteiger partial charge in [-0.3, -0.25) is 20.4 Å². The highest BCUT2D eigenvalue weighted by Crippen LogP contribution is 2.24. The van der Waals surface area contributed by atoms with Crippen molar-refractivity contribution in [3.63, 3.8) is 0 Å². The molecule has 0 radical (unpaired) electrons. The van der Waals surface area contributed by atoms with Crippen molar-refractivity contribution in [2.45, 2.75) is 12.8 Å². The Kier molecular flexibility index (Phi) is 5.87. The smallest absolute Gasteiger partial charge is 0.229 e. The molecular weight excluding hydrogens is 371 g/mol. The normalized spacial score (nSPS) is 19.9. The van der Waals surface area contributed by atoms with Gasteiger partial charge in [0.05, 0.1) is 11.8 Å². The van der Waals surface area contributed by atoms with E-state index in [2.05, 4.69) is 16.2 Å². The molecule has 1 unspecified atom stereocenters. The molecule has 2 fully saturated rings. The number of likely N-dealkylation sites (tertiary alicyclic amines) is 1. The van der Waals surface area contributed by atoms with Gasteiger partial charge in [-0.15, -0.1) is 0 Å². The Labute approximate surface area is 169 Å². The van der Waals surface area contributed by atoms with Crippen LogP contribution in [-0.2, 0) is 9.59 Å². The maximum absolute atomic E-state index is 13.4. The van der Waals surface area contributed by atoms with E-state index in [4.69, 9.17) is 0 Å². The highest BCUT2D eigenvalue weighted by molar-refractivity contribution is 5.93. The lowest BCUT2D eigenvalue weighted by atomic mass is 9.95. The van der Waals surface area contributed by atoms with Crippen LogP contribution >= 0.6 is 0 Å². The highest BCUT2D eigenvalue weighted by atomic mass is 19.1. The fraction of sp³-hybridized carbons (Fsp3) is 0.364. The van der Waals surface area contributed by atoms with Crippen LogP contribution in [0.5, 0.6) is 0 Å². The summed E-state index contributed by atoms with van der Waals surface area (Å²) in [4.78, 5) is 27.2. The van der Waals surface area contributed by atoms with E-state index in [1.165, 1.54) is 12.1 Å². The predicted molar refractivity (Wildman–Crippen MR) is 109 cm³/mol. The summed E-state index contributed by atoms with van der Waals surface area (Å²) in [5, 5.41) is 2.96. The van der Waals surface area contributed by atoms with Crippen LogP contribution in [0.4, 0.5) is 10.1 Å². The number of nitrogens with one attached hydrogen (secondary N) is 3. The molecule has 2 aliphatic rings. The van der Waals surface area contributed by atoms with E-state index in [1.54, 1.807) is 6.07 Å². The summed E-state index contributed by atoms with van der Waals surface area (Å²) < 4.78 is 13.4. The minimum absolute atomic E-state index is 0.0628. The summed E-state index contributed by atoms with van der Waals surface area (Å²) in [6.07, 6.45) is 1.61. The standard InChI is InChI=1S/C22H25FN4O2/c23-19-5-1-3-16(11-19)15-6-8-20(9-7-15)26-21(28)17-4-2-10-27(14-17)22(29)18-12-24-25-13-18/h1,3,5-9,11,17-18,24-25H,2,4,10,12-14H2,(H,26,28). The molecule has 6 nitrogen and oxygen atoms in total. The monoisotopic (exact) mass is 396 g/mol. The van der Waals surface area contributed by atoms with Crippen LogP contribution in [0.2, 0.25) is 0 Å². The predicted octanol–water partition coefficient (Wildman–Crippen LogP) is 2.39. The largest absolute Gasteiger partial charge is 0.342 e. The second kappa shape index (κ2) is 8.71. The molecular formula is C22H25FN4O2. The van der Waals surface area contributed by atoms with E-state index in [0.29, 0.717) is 31.9 Å². The number of carbonyl (C=O) groups excluding carboxylic acids is 2. The van der Waals surface area contributed by atoms with Gasteiger partial charge in [0.1, 0.15) is 5.82 Å². The fourth-order valence-corrected chi connectivity index (χ4v) is 3.95. The van der Waals surface area contributed by atoms with Gasteiger partial charge in [-0.1, -0.05) is 24.3 Å². The van der Waals surface area contributed by atoms with Crippen LogP contribution in [-0.4, -0.2) is 42.9 Å². The van der Waals surface area contributed by atoms with Crippen molar-refractivity contribution in [3.05, 3.63) is 54.3 Å². The molecule has 7 heteroatoms. The zero-order chi connectivity index (χ0) is 20.2. The zero-order valence-corrected chi connectivity index (χ0v) is 16.2. The maximum Gasteiger partial charge on any atom is 0.229 e. The highest BCUT2D eigenvalue weighted by Gasteiger charge is 2.33. The Bertz CT molecular complexity index is 881. The second-order valence-corrected chi connectivity index (χ2v) is 7.66. The number of hydrogen-bond donors (Lipinski definition) is 3. The van der Waals surface area contributed by atoms with Gasteiger partial charge >= 0.3 is 0 Å². The average Bonchev–Trinajstić information content (AvgIpc) is 3.29. The lowest BCUT2D eigenvalue weighted by molar-refractivity contribution is -0.137. The third-order valence-corrected chi connectivity index (χ3v) is 5.59. The fourth-order valence-electron chi connectivity index (χ4n) is 3.95. The van der Waals surface area contributed by atoms with E-state index in [0.717, 1.165) is 24.0 Å². The Morgan fingerprint density at radius 1 is 1.00 bits per heavy atom. The number of anilines is 1. The van der Waals surface area contributed by atoms with Gasteiger partial charge in [0.2, 0.25) is 11.8 Å². The van der Waals surface area contributed by atoms with Gasteiger partial charge in [0, 0.05) is 31.9 Å². The summed E-state index contributed by atoms with van der Waals surface area (Å²) in [7, 11) is 0. The van der Waals surface area contributed by atoms with Crippen molar-refractivity contribution in [1.82, 2.24) is 15.8 Å². The summed E-state index contributed by atoms with van der Waals surface area (Å²) >= 11 is 0. The van der Waals surface area contributed by atoms with E-state index in [9.17, 15) is 14.0 Å². The molecule has 3 N–H and O–H groups in total. The van der Waals surface area contributed by atoms with Crippen LogP contribution in [0, 0.1) is 17.7 Å². The molecule has 2 saturated heterocycles. The SMILES string of the molecule is O=C(Nc1ccc(-c2cccc(F)c2)cc1)C1CCCN(C(=O)C2CNNC2)C1. The molecule has 4 rings (SSSR count). The van der Waals surface area contributed by atoms with Crippen molar-refractivity contribution in [2.24, 2.45) is 11.8 Å². The number of amides is 2. The Hall–Kier alpha value is -2.77. The lowest BCUT2D eigenvalue weighted by Crippen LogP contribution is -2.46. The Balaban J connectivity index is 1.36. The third-order valence-electron chi connectivity index (χ3n) is 5.59. The first-order chi connectivity index (χ1) is 14.1. The molecule has 1 atom stereocenters. The summed E-state index contributed by atoms with van der Waals surface area (Å²) in [5.41, 5.74) is 8.34. The quantitative estimate of drug-likeness (QED) is 0.742. The van der Waals surface area contributed by atoms with Crippen molar-refractivity contribution >= 4 is 17.5 Å². The number of piperidine rings is 1. The summed E-state index contributed by atoms with van der Waals surface area (Å²) in [5.74, 6) is -0.506. The summed E-state index contributed by atoms with van der Waals surface area (Å²) in [6.45, 7) is 2.43. The average molecular weight is 396 g/mol. The van der Waals surface area contributed by atoms with Crippen LogP contribution in [0.15, 0.2) is 48.5 Å². The third kappa shape index (κ3) is 4.63. The first-order valence-electron chi connectivity index (χ1n) is 10.0. The molecule has 0 saturated carbocycles. The van der Waals surface area contributed by atoms with Gasteiger partial charge in [-0.05, 0) is 48.2 Å². The number of benzene rings is 2. The molecule has 2 amide bonds. The van der Waals surface area contributed by atoms with Crippen molar-refractivity contribution in [2.75, 3.05) is 31.5 Å². The lowest BCUT2D eigenvalue weighted by Gasteiger charge is -2.33. The van der Waals surface area contributed by atoms with E-state index in [1.807, 2.05) is 35.2 Å². The second-order valence-electron chi connectivity index (χ2n) is 7.66. The number of hydrazine groups is 1. The van der Waals surface area contributed by atoms with E-state index in [-0.39, 0.29) is 29.5 Å². The van der Waals surface area contributed by atoms with Crippen LogP contribution < -0.4 is 16.2 Å². The Morgan fingerprint density at radius 2 is 1.76 bits per heavy atom. The molecule has 2 aliphatic heterocycles. The molecule has 2 heterocycles. The molecule has 29 heavy (non-hydrogen) atoms. The molecule has 152 valence electrons. The summed E-state index contributed by atoms with van der Waals surface area (Å²) in [6, 6.07) is 13.8. The van der Waals surface area contributed by atoms with Gasteiger partial charge in [-0.25, -0.2) is 4.39 Å². The number of carbonyl (C=O) groups is 2. The molecule has 0 aliphatic carbocycles. The topological polar surface area (TPSA) is 73.5 Å². The van der Waals surface area contributed by atoms with Gasteiger partial charge < -0.3 is 10.2 Å². The van der Waals surface area contributed by atoms with Crippen LogP contribution in [0.25, 0.3) is 11.1 Å². The van der Waals surface area contributed by atoms with Crippen molar-refractivity contribution in [1.29, 1.82) is 0 Å².